The molecule has 0 unspecified atom stereocenters. The van der Waals surface area contributed by atoms with Crippen LogP contribution in [0, 0.1) is 0 Å². The molecular formula is C12H30N2. The normalized spacial score (nSPS) is 18.0. The third-order valence-corrected chi connectivity index (χ3v) is 2.27. The van der Waals surface area contributed by atoms with E-state index in [1.54, 1.807) is 0 Å². The van der Waals surface area contributed by atoms with Gasteiger partial charge in [-0.25, -0.2) is 0 Å². The zero-order chi connectivity index (χ0) is 11.6. The molecule has 0 aliphatic carbocycles. The van der Waals surface area contributed by atoms with Gasteiger partial charge in [0, 0.05) is 32.2 Å². The van der Waals surface area contributed by atoms with E-state index in [1.807, 2.05) is 27.7 Å². The summed E-state index contributed by atoms with van der Waals surface area (Å²) in [7, 11) is 2.19. The summed E-state index contributed by atoms with van der Waals surface area (Å²) >= 11 is 0. The van der Waals surface area contributed by atoms with Gasteiger partial charge in [0.25, 0.3) is 0 Å². The van der Waals surface area contributed by atoms with E-state index >= 15 is 0 Å². The molecule has 2 nitrogen and oxygen atoms in total. The van der Waals surface area contributed by atoms with Gasteiger partial charge in [-0.05, 0) is 20.9 Å². The molecule has 0 amide bonds. The van der Waals surface area contributed by atoms with Crippen molar-refractivity contribution in [3.05, 3.63) is 0 Å². The van der Waals surface area contributed by atoms with E-state index in [2.05, 4.69) is 30.7 Å². The van der Waals surface area contributed by atoms with Crippen molar-refractivity contribution >= 4 is 0 Å². The van der Waals surface area contributed by atoms with Gasteiger partial charge in [-0.15, -0.1) is 0 Å². The molecule has 0 spiro atoms. The van der Waals surface area contributed by atoms with Crippen molar-refractivity contribution in [2.75, 3.05) is 33.2 Å². The van der Waals surface area contributed by atoms with E-state index in [0.717, 1.165) is 6.04 Å². The van der Waals surface area contributed by atoms with Crippen LogP contribution in [0.1, 0.15) is 41.5 Å². The molecule has 1 aliphatic heterocycles. The molecule has 1 heterocycles. The van der Waals surface area contributed by atoms with Gasteiger partial charge in [-0.2, -0.15) is 0 Å². The van der Waals surface area contributed by atoms with E-state index in [4.69, 9.17) is 0 Å². The molecule has 88 valence electrons. The second-order valence-electron chi connectivity index (χ2n) is 3.43. The Kier molecular flexibility index (Phi) is 12.8. The Bertz CT molecular complexity index is 94.5. The maximum Gasteiger partial charge on any atom is 0.0112 e. The summed E-state index contributed by atoms with van der Waals surface area (Å²) in [5.41, 5.74) is 0. The number of piperazine rings is 1. The minimum atomic E-state index is 0.730. The number of likely N-dealkylation sites (N-methyl/N-ethyl adjacent to an activating group) is 1. The Morgan fingerprint density at radius 3 is 1.43 bits per heavy atom. The summed E-state index contributed by atoms with van der Waals surface area (Å²) in [6, 6.07) is 0.730. The van der Waals surface area contributed by atoms with Gasteiger partial charge in [-0.1, -0.05) is 27.7 Å². The van der Waals surface area contributed by atoms with Gasteiger partial charge in [0.15, 0.2) is 0 Å². The Labute approximate surface area is 91.3 Å². The van der Waals surface area contributed by atoms with Gasteiger partial charge in [0.2, 0.25) is 0 Å². The van der Waals surface area contributed by atoms with Crippen molar-refractivity contribution < 1.29 is 0 Å². The maximum atomic E-state index is 2.53. The molecule has 1 rings (SSSR count). The van der Waals surface area contributed by atoms with E-state index in [-0.39, 0.29) is 0 Å². The molecule has 0 N–H and O–H groups in total. The summed E-state index contributed by atoms with van der Waals surface area (Å²) in [6.45, 7) is 17.5. The van der Waals surface area contributed by atoms with Crippen LogP contribution in [0.25, 0.3) is 0 Å². The first-order chi connectivity index (χ1) is 6.70. The molecular weight excluding hydrogens is 172 g/mol. The largest absolute Gasteiger partial charge is 0.304 e. The van der Waals surface area contributed by atoms with E-state index in [9.17, 15) is 0 Å². The molecule has 0 saturated carbocycles. The summed E-state index contributed by atoms with van der Waals surface area (Å²) in [6.07, 6.45) is 0. The highest BCUT2D eigenvalue weighted by molar-refractivity contribution is 4.71. The molecule has 0 aromatic heterocycles. The molecule has 2 heteroatoms. The molecule has 0 aromatic rings. The Balaban J connectivity index is 0. The number of nitrogens with zero attached hydrogens (tertiary/aromatic N) is 2. The molecule has 0 aromatic carbocycles. The first-order valence-corrected chi connectivity index (χ1v) is 6.13. The zero-order valence-corrected chi connectivity index (χ0v) is 11.3. The van der Waals surface area contributed by atoms with Crippen molar-refractivity contribution in [1.29, 1.82) is 0 Å². The first kappa shape index (κ1) is 16.4. The fraction of sp³-hybridized carbons (Fsp3) is 1.00. The van der Waals surface area contributed by atoms with Gasteiger partial charge in [0.1, 0.15) is 0 Å². The molecule has 0 radical (unpaired) electrons. The lowest BCUT2D eigenvalue weighted by Crippen LogP contribution is -2.47. The fourth-order valence-electron chi connectivity index (χ4n) is 1.34. The van der Waals surface area contributed by atoms with Gasteiger partial charge >= 0.3 is 0 Å². The first-order valence-electron chi connectivity index (χ1n) is 6.13. The minimum absolute atomic E-state index is 0.730. The lowest BCUT2D eigenvalue weighted by atomic mass is 10.2. The topological polar surface area (TPSA) is 6.48 Å². The van der Waals surface area contributed by atoms with Crippen LogP contribution < -0.4 is 0 Å². The third-order valence-electron chi connectivity index (χ3n) is 2.27. The average Bonchev–Trinajstić information content (AvgIpc) is 2.24. The predicted octanol–water partition coefficient (Wildman–Crippen LogP) is 2.69. The van der Waals surface area contributed by atoms with E-state index in [0.29, 0.717) is 0 Å². The molecule has 14 heavy (non-hydrogen) atoms. The smallest absolute Gasteiger partial charge is 0.0112 e. The van der Waals surface area contributed by atoms with Crippen LogP contribution in [0.5, 0.6) is 0 Å². The Morgan fingerprint density at radius 1 is 0.786 bits per heavy atom. The average molecular weight is 202 g/mol. The fourth-order valence-corrected chi connectivity index (χ4v) is 1.34. The Morgan fingerprint density at radius 2 is 1.14 bits per heavy atom. The molecule has 1 aliphatic rings. The SMILES string of the molecule is CC.CC.CC(C)N1CCN(C)CC1. The van der Waals surface area contributed by atoms with Crippen LogP contribution in [0.3, 0.4) is 0 Å². The van der Waals surface area contributed by atoms with Crippen LogP contribution in [0.4, 0.5) is 0 Å². The summed E-state index contributed by atoms with van der Waals surface area (Å²) in [5.74, 6) is 0. The van der Waals surface area contributed by atoms with Gasteiger partial charge in [-0.3, -0.25) is 4.90 Å². The number of hydrogen-bond acceptors (Lipinski definition) is 2. The predicted molar refractivity (Wildman–Crippen MR) is 66.9 cm³/mol. The minimum Gasteiger partial charge on any atom is -0.304 e. The third kappa shape index (κ3) is 7.34. The van der Waals surface area contributed by atoms with E-state index in [1.165, 1.54) is 26.2 Å². The lowest BCUT2D eigenvalue weighted by Gasteiger charge is -2.34. The van der Waals surface area contributed by atoms with Crippen LogP contribution in [0.2, 0.25) is 0 Å². The van der Waals surface area contributed by atoms with Crippen molar-refractivity contribution in [1.82, 2.24) is 9.80 Å². The summed E-state index contributed by atoms with van der Waals surface area (Å²) in [4.78, 5) is 4.92. The molecule has 1 fully saturated rings. The lowest BCUT2D eigenvalue weighted by molar-refractivity contribution is 0.126. The summed E-state index contributed by atoms with van der Waals surface area (Å²) in [5, 5.41) is 0. The van der Waals surface area contributed by atoms with Crippen molar-refractivity contribution in [2.24, 2.45) is 0 Å². The highest BCUT2D eigenvalue weighted by Crippen LogP contribution is 2.02. The van der Waals surface area contributed by atoms with Crippen molar-refractivity contribution in [2.45, 2.75) is 47.6 Å². The van der Waals surface area contributed by atoms with Crippen LogP contribution in [-0.2, 0) is 0 Å². The van der Waals surface area contributed by atoms with Crippen molar-refractivity contribution in [3.63, 3.8) is 0 Å². The quantitative estimate of drug-likeness (QED) is 0.645. The second kappa shape index (κ2) is 11.0. The molecule has 0 bridgehead atoms. The Hall–Kier alpha value is -0.0800. The zero-order valence-electron chi connectivity index (χ0n) is 11.3. The van der Waals surface area contributed by atoms with Crippen LogP contribution >= 0.6 is 0 Å². The summed E-state index contributed by atoms with van der Waals surface area (Å²) < 4.78 is 0. The monoisotopic (exact) mass is 202 g/mol. The van der Waals surface area contributed by atoms with Gasteiger partial charge in [0.05, 0.1) is 0 Å². The standard InChI is InChI=1S/C8H18N2.2C2H6/c1-8(2)10-6-4-9(3)5-7-10;2*1-2/h8H,4-7H2,1-3H3;2*1-2H3. The van der Waals surface area contributed by atoms with E-state index < -0.39 is 0 Å². The van der Waals surface area contributed by atoms with Crippen molar-refractivity contribution in [3.8, 4) is 0 Å². The second-order valence-corrected chi connectivity index (χ2v) is 3.43. The number of rotatable bonds is 1. The van der Waals surface area contributed by atoms with Gasteiger partial charge < -0.3 is 4.90 Å². The van der Waals surface area contributed by atoms with Crippen LogP contribution in [-0.4, -0.2) is 49.1 Å². The molecule has 0 atom stereocenters. The molecule has 1 saturated heterocycles. The highest BCUT2D eigenvalue weighted by Gasteiger charge is 2.15. The maximum absolute atomic E-state index is 2.53. The highest BCUT2D eigenvalue weighted by atomic mass is 15.3. The number of hydrogen-bond donors (Lipinski definition) is 0. The van der Waals surface area contributed by atoms with Crippen LogP contribution in [0.15, 0.2) is 0 Å².